The number of nitrogens with one attached hydrogen (secondary N) is 1. The first-order chi connectivity index (χ1) is 9.52. The number of hydrogen-bond acceptors (Lipinski definition) is 2. The Labute approximate surface area is 121 Å². The Bertz CT molecular complexity index is 599. The Morgan fingerprint density at radius 1 is 1.15 bits per heavy atom. The van der Waals surface area contributed by atoms with Crippen molar-refractivity contribution in [2.75, 3.05) is 12.4 Å². The van der Waals surface area contributed by atoms with Gasteiger partial charge in [0, 0.05) is 11.6 Å². The molecule has 0 heterocycles. The lowest BCUT2D eigenvalue weighted by Gasteiger charge is -2.18. The van der Waals surface area contributed by atoms with Crippen molar-refractivity contribution in [2.24, 2.45) is 0 Å². The van der Waals surface area contributed by atoms with Crippen LogP contribution in [0.5, 0.6) is 5.75 Å². The van der Waals surface area contributed by atoms with Gasteiger partial charge in [0.15, 0.2) is 0 Å². The van der Waals surface area contributed by atoms with Crippen LogP contribution in [0, 0.1) is 11.6 Å². The highest BCUT2D eigenvalue weighted by molar-refractivity contribution is 6.33. The molecule has 0 fully saturated rings. The lowest BCUT2D eigenvalue weighted by atomic mass is 10.1. The topological polar surface area (TPSA) is 21.3 Å². The van der Waals surface area contributed by atoms with Crippen molar-refractivity contribution >= 4 is 17.3 Å². The summed E-state index contributed by atoms with van der Waals surface area (Å²) in [6.07, 6.45) is 0. The highest BCUT2D eigenvalue weighted by atomic mass is 35.5. The monoisotopic (exact) mass is 297 g/mol. The molecule has 0 amide bonds. The fourth-order valence-electron chi connectivity index (χ4n) is 1.92. The maximum atomic E-state index is 13.9. The molecule has 2 nitrogen and oxygen atoms in total. The molecule has 0 saturated carbocycles. The number of ether oxygens (including phenoxy) is 1. The van der Waals surface area contributed by atoms with Gasteiger partial charge in [0.1, 0.15) is 17.4 Å². The predicted octanol–water partition coefficient (Wildman–Crippen LogP) is 4.80. The Hall–Kier alpha value is -1.81. The second-order valence-electron chi connectivity index (χ2n) is 4.35. The molecule has 1 unspecified atom stereocenters. The first-order valence-electron chi connectivity index (χ1n) is 6.07. The summed E-state index contributed by atoms with van der Waals surface area (Å²) < 4.78 is 32.6. The summed E-state index contributed by atoms with van der Waals surface area (Å²) in [5.41, 5.74) is 0.571. The van der Waals surface area contributed by atoms with E-state index in [1.165, 1.54) is 25.3 Å². The van der Waals surface area contributed by atoms with Gasteiger partial charge >= 0.3 is 0 Å². The number of anilines is 1. The van der Waals surface area contributed by atoms with Crippen molar-refractivity contribution in [1.29, 1.82) is 0 Å². The Kier molecular flexibility index (Phi) is 4.45. The van der Waals surface area contributed by atoms with Crippen LogP contribution < -0.4 is 10.1 Å². The van der Waals surface area contributed by atoms with E-state index in [4.69, 9.17) is 16.3 Å². The smallest absolute Gasteiger partial charge is 0.147 e. The first-order valence-corrected chi connectivity index (χ1v) is 6.44. The minimum atomic E-state index is -0.474. The Balaban J connectivity index is 2.26. The van der Waals surface area contributed by atoms with Crippen molar-refractivity contribution in [2.45, 2.75) is 13.0 Å². The summed E-state index contributed by atoms with van der Waals surface area (Å²) in [6, 6.07) is 8.49. The maximum Gasteiger partial charge on any atom is 0.147 e. The van der Waals surface area contributed by atoms with Crippen LogP contribution in [0.3, 0.4) is 0 Å². The summed E-state index contributed by atoms with van der Waals surface area (Å²) in [6.45, 7) is 1.73. The SMILES string of the molecule is COc1ccc(C(C)Nc2c(F)cccc2Cl)c(F)c1. The molecule has 0 aromatic heterocycles. The lowest BCUT2D eigenvalue weighted by molar-refractivity contribution is 0.410. The van der Waals surface area contributed by atoms with Crippen LogP contribution >= 0.6 is 11.6 Å². The van der Waals surface area contributed by atoms with Crippen LogP contribution in [-0.4, -0.2) is 7.11 Å². The number of methoxy groups -OCH3 is 1. The summed E-state index contributed by atoms with van der Waals surface area (Å²) in [5, 5.41) is 3.14. The van der Waals surface area contributed by atoms with Crippen LogP contribution in [0.2, 0.25) is 5.02 Å². The highest BCUT2D eigenvalue weighted by Crippen LogP contribution is 2.30. The second-order valence-corrected chi connectivity index (χ2v) is 4.76. The van der Waals surface area contributed by atoms with Gasteiger partial charge in [0.05, 0.1) is 23.9 Å². The van der Waals surface area contributed by atoms with E-state index in [0.29, 0.717) is 11.3 Å². The molecule has 2 rings (SSSR count). The van der Waals surface area contributed by atoms with Gasteiger partial charge < -0.3 is 10.1 Å². The third-order valence-electron chi connectivity index (χ3n) is 3.00. The normalized spacial score (nSPS) is 12.1. The molecule has 0 bridgehead atoms. The van der Waals surface area contributed by atoms with Gasteiger partial charge in [-0.25, -0.2) is 8.78 Å². The molecule has 0 aliphatic rings. The number of hydrogen-bond donors (Lipinski definition) is 1. The molecule has 20 heavy (non-hydrogen) atoms. The summed E-state index contributed by atoms with van der Waals surface area (Å²) >= 11 is 5.93. The fraction of sp³-hybridized carbons (Fsp3) is 0.200. The molecule has 0 aliphatic carbocycles. The number of halogens is 3. The van der Waals surface area contributed by atoms with E-state index >= 15 is 0 Å². The van der Waals surface area contributed by atoms with Crippen LogP contribution in [0.4, 0.5) is 14.5 Å². The lowest BCUT2D eigenvalue weighted by Crippen LogP contribution is -2.10. The van der Waals surface area contributed by atoms with Crippen LogP contribution in [0.15, 0.2) is 36.4 Å². The average Bonchev–Trinajstić information content (AvgIpc) is 2.42. The average molecular weight is 298 g/mol. The molecule has 5 heteroatoms. The van der Waals surface area contributed by atoms with Gasteiger partial charge in [-0.2, -0.15) is 0 Å². The second kappa shape index (κ2) is 6.09. The maximum absolute atomic E-state index is 13.9. The summed E-state index contributed by atoms with van der Waals surface area (Å²) in [5.74, 6) is -0.461. The quantitative estimate of drug-likeness (QED) is 0.875. The zero-order chi connectivity index (χ0) is 14.7. The highest BCUT2D eigenvalue weighted by Gasteiger charge is 2.15. The third-order valence-corrected chi connectivity index (χ3v) is 3.31. The molecule has 0 spiro atoms. The molecule has 0 radical (unpaired) electrons. The molecular weight excluding hydrogens is 284 g/mol. The van der Waals surface area contributed by atoms with Gasteiger partial charge in [-0.15, -0.1) is 0 Å². The standard InChI is InChI=1S/C15H14ClF2NO/c1-9(11-7-6-10(20-2)8-14(11)18)19-15-12(16)4-3-5-13(15)17/h3-9,19H,1-2H3. The van der Waals surface area contributed by atoms with Crippen molar-refractivity contribution in [3.8, 4) is 5.75 Å². The molecule has 1 N–H and O–H groups in total. The molecule has 2 aromatic carbocycles. The van der Waals surface area contributed by atoms with Crippen LogP contribution in [0.1, 0.15) is 18.5 Å². The molecular formula is C15H14ClF2NO. The zero-order valence-corrected chi connectivity index (χ0v) is 11.8. The van der Waals surface area contributed by atoms with Gasteiger partial charge in [0.2, 0.25) is 0 Å². The number of para-hydroxylation sites is 1. The van der Waals surface area contributed by atoms with Crippen molar-refractivity contribution in [3.05, 3.63) is 58.6 Å². The molecule has 0 aliphatic heterocycles. The molecule has 2 aromatic rings. The predicted molar refractivity (Wildman–Crippen MR) is 76.4 cm³/mol. The van der Waals surface area contributed by atoms with E-state index < -0.39 is 17.7 Å². The third kappa shape index (κ3) is 3.02. The number of benzene rings is 2. The Morgan fingerprint density at radius 3 is 2.50 bits per heavy atom. The molecule has 0 saturated heterocycles. The van der Waals surface area contributed by atoms with E-state index in [0.717, 1.165) is 0 Å². The zero-order valence-electron chi connectivity index (χ0n) is 11.1. The molecule has 106 valence electrons. The van der Waals surface area contributed by atoms with Crippen molar-refractivity contribution in [1.82, 2.24) is 0 Å². The van der Waals surface area contributed by atoms with Gasteiger partial charge in [0.25, 0.3) is 0 Å². The van der Waals surface area contributed by atoms with E-state index in [-0.39, 0.29) is 10.7 Å². The van der Waals surface area contributed by atoms with E-state index in [1.54, 1.807) is 25.1 Å². The van der Waals surface area contributed by atoms with E-state index in [9.17, 15) is 8.78 Å². The summed E-state index contributed by atoms with van der Waals surface area (Å²) in [7, 11) is 1.47. The van der Waals surface area contributed by atoms with Gasteiger partial charge in [-0.1, -0.05) is 23.7 Å². The van der Waals surface area contributed by atoms with Crippen LogP contribution in [-0.2, 0) is 0 Å². The molecule has 1 atom stereocenters. The van der Waals surface area contributed by atoms with Gasteiger partial charge in [-0.05, 0) is 25.1 Å². The fourth-order valence-corrected chi connectivity index (χ4v) is 2.13. The minimum Gasteiger partial charge on any atom is -0.497 e. The van der Waals surface area contributed by atoms with E-state index in [1.807, 2.05) is 0 Å². The van der Waals surface area contributed by atoms with Gasteiger partial charge in [-0.3, -0.25) is 0 Å². The number of rotatable bonds is 4. The minimum absolute atomic E-state index is 0.164. The van der Waals surface area contributed by atoms with Crippen LogP contribution in [0.25, 0.3) is 0 Å². The Morgan fingerprint density at radius 2 is 1.90 bits per heavy atom. The summed E-state index contributed by atoms with van der Waals surface area (Å²) in [4.78, 5) is 0. The van der Waals surface area contributed by atoms with Crippen molar-refractivity contribution in [3.63, 3.8) is 0 Å². The van der Waals surface area contributed by atoms with Crippen molar-refractivity contribution < 1.29 is 13.5 Å². The van der Waals surface area contributed by atoms with E-state index in [2.05, 4.69) is 5.32 Å². The largest absolute Gasteiger partial charge is 0.497 e. The first kappa shape index (κ1) is 14.6.